The fourth-order valence-electron chi connectivity index (χ4n) is 3.08. The molecular weight excluding hydrogens is 387 g/mol. The largest absolute Gasteiger partial charge is 0.467 e. The topological polar surface area (TPSA) is 70.0 Å². The number of aromatic nitrogens is 3. The maximum Gasteiger partial charge on any atom is 0.416 e. The quantitative estimate of drug-likeness (QED) is 0.526. The summed E-state index contributed by atoms with van der Waals surface area (Å²) in [6.45, 7) is -0.0954. The molecule has 148 valence electrons. The molecule has 3 aromatic heterocycles. The van der Waals surface area contributed by atoms with Gasteiger partial charge in [-0.15, -0.1) is 0 Å². The second-order valence-corrected chi connectivity index (χ2v) is 6.41. The lowest BCUT2D eigenvalue weighted by Gasteiger charge is -2.14. The monoisotopic (exact) mass is 401 g/mol. The number of furan rings is 1. The van der Waals surface area contributed by atoms with Gasteiger partial charge < -0.3 is 4.42 Å². The number of hydrogen-bond donors (Lipinski definition) is 0. The zero-order chi connectivity index (χ0) is 20.6. The first kappa shape index (κ1) is 18.7. The van der Waals surface area contributed by atoms with Crippen LogP contribution in [0.3, 0.4) is 0 Å². The smallest absolute Gasteiger partial charge is 0.416 e. The van der Waals surface area contributed by atoms with Crippen LogP contribution in [-0.4, -0.2) is 14.1 Å². The molecule has 0 atom stereocenters. The van der Waals surface area contributed by atoms with E-state index in [0.29, 0.717) is 16.8 Å². The Balaban J connectivity index is 1.83. The van der Waals surface area contributed by atoms with Crippen molar-refractivity contribution in [2.75, 3.05) is 0 Å². The summed E-state index contributed by atoms with van der Waals surface area (Å²) < 4.78 is 45.9. The van der Waals surface area contributed by atoms with Crippen LogP contribution in [0.4, 0.5) is 13.2 Å². The standard InChI is InChI=1S/C20H14F3N3O3/c21-20(22,23)14-7-5-13(6-8-14)11-25-16-4-1-9-24-17(16)18(27)26(19(25)28)12-15-3-2-10-29-15/h1-10H,11-12H2. The highest BCUT2D eigenvalue weighted by atomic mass is 19.4. The van der Waals surface area contributed by atoms with Crippen molar-refractivity contribution < 1.29 is 17.6 Å². The number of nitrogens with zero attached hydrogens (tertiary/aromatic N) is 3. The Morgan fingerprint density at radius 3 is 2.34 bits per heavy atom. The SMILES string of the molecule is O=c1c2ncccc2n(Cc2ccc(C(F)(F)F)cc2)c(=O)n1Cc1ccco1. The molecule has 4 aromatic rings. The molecule has 9 heteroatoms. The normalized spacial score (nSPS) is 11.8. The highest BCUT2D eigenvalue weighted by Gasteiger charge is 2.30. The number of pyridine rings is 1. The highest BCUT2D eigenvalue weighted by molar-refractivity contribution is 5.73. The maximum atomic E-state index is 13.0. The number of benzene rings is 1. The Kier molecular flexibility index (Phi) is 4.57. The van der Waals surface area contributed by atoms with E-state index in [1.165, 1.54) is 29.2 Å². The van der Waals surface area contributed by atoms with Gasteiger partial charge in [0.2, 0.25) is 0 Å². The van der Waals surface area contributed by atoms with Gasteiger partial charge in [0.25, 0.3) is 5.56 Å². The third-order valence-electron chi connectivity index (χ3n) is 4.50. The van der Waals surface area contributed by atoms with Gasteiger partial charge in [0.05, 0.1) is 30.4 Å². The van der Waals surface area contributed by atoms with E-state index < -0.39 is 23.0 Å². The second-order valence-electron chi connectivity index (χ2n) is 6.41. The molecule has 3 heterocycles. The Labute approximate surface area is 161 Å². The molecule has 29 heavy (non-hydrogen) atoms. The lowest BCUT2D eigenvalue weighted by molar-refractivity contribution is -0.137. The van der Waals surface area contributed by atoms with Crippen LogP contribution in [0.1, 0.15) is 16.9 Å². The first-order valence-electron chi connectivity index (χ1n) is 8.61. The van der Waals surface area contributed by atoms with E-state index in [0.717, 1.165) is 16.7 Å². The van der Waals surface area contributed by atoms with Gasteiger partial charge in [-0.05, 0) is 42.0 Å². The van der Waals surface area contributed by atoms with Crippen LogP contribution in [-0.2, 0) is 19.3 Å². The average molecular weight is 401 g/mol. The van der Waals surface area contributed by atoms with Gasteiger partial charge in [-0.1, -0.05) is 12.1 Å². The van der Waals surface area contributed by atoms with Crippen LogP contribution >= 0.6 is 0 Å². The summed E-state index contributed by atoms with van der Waals surface area (Å²) in [5.41, 5.74) is -1.07. The van der Waals surface area contributed by atoms with E-state index >= 15 is 0 Å². The zero-order valence-electron chi connectivity index (χ0n) is 14.9. The minimum atomic E-state index is -4.44. The molecule has 0 saturated carbocycles. The molecule has 1 aromatic carbocycles. The zero-order valence-corrected chi connectivity index (χ0v) is 14.9. The van der Waals surface area contributed by atoms with E-state index in [1.807, 2.05) is 0 Å². The minimum absolute atomic E-state index is 0.0163. The molecule has 0 aliphatic carbocycles. The van der Waals surface area contributed by atoms with Crippen molar-refractivity contribution >= 4 is 11.0 Å². The molecule has 4 rings (SSSR count). The molecule has 0 aliphatic rings. The fourth-order valence-corrected chi connectivity index (χ4v) is 3.08. The first-order chi connectivity index (χ1) is 13.8. The van der Waals surface area contributed by atoms with Crippen molar-refractivity contribution in [2.24, 2.45) is 0 Å². The molecule has 0 saturated heterocycles. The van der Waals surface area contributed by atoms with Crippen LogP contribution < -0.4 is 11.2 Å². The number of alkyl halides is 3. The van der Waals surface area contributed by atoms with Crippen molar-refractivity contribution in [3.63, 3.8) is 0 Å². The third kappa shape index (κ3) is 3.58. The summed E-state index contributed by atoms with van der Waals surface area (Å²) >= 11 is 0. The highest BCUT2D eigenvalue weighted by Crippen LogP contribution is 2.29. The number of fused-ring (bicyclic) bond motifs is 1. The molecular formula is C20H14F3N3O3. The Hall–Kier alpha value is -3.62. The summed E-state index contributed by atoms with van der Waals surface area (Å²) in [5.74, 6) is 0.417. The summed E-state index contributed by atoms with van der Waals surface area (Å²) in [6, 6.07) is 11.0. The lowest BCUT2D eigenvalue weighted by Crippen LogP contribution is -2.40. The van der Waals surface area contributed by atoms with Gasteiger partial charge in [-0.2, -0.15) is 13.2 Å². The van der Waals surface area contributed by atoms with Gasteiger partial charge in [0.1, 0.15) is 5.76 Å². The van der Waals surface area contributed by atoms with Crippen LogP contribution in [0.25, 0.3) is 11.0 Å². The van der Waals surface area contributed by atoms with E-state index in [1.54, 1.807) is 24.3 Å². The molecule has 6 nitrogen and oxygen atoms in total. The molecule has 0 radical (unpaired) electrons. The molecule has 0 amide bonds. The Morgan fingerprint density at radius 2 is 1.69 bits per heavy atom. The Bertz CT molecular complexity index is 1270. The van der Waals surface area contributed by atoms with Gasteiger partial charge in [0, 0.05) is 6.20 Å². The van der Waals surface area contributed by atoms with Crippen molar-refractivity contribution in [1.82, 2.24) is 14.1 Å². The number of rotatable bonds is 4. The van der Waals surface area contributed by atoms with E-state index in [9.17, 15) is 22.8 Å². The predicted octanol–water partition coefficient (Wildman–Crippen LogP) is 3.27. The third-order valence-corrected chi connectivity index (χ3v) is 4.50. The second kappa shape index (κ2) is 7.08. The molecule has 0 bridgehead atoms. The molecule has 0 N–H and O–H groups in total. The van der Waals surface area contributed by atoms with Crippen LogP contribution in [0.5, 0.6) is 0 Å². The van der Waals surface area contributed by atoms with Gasteiger partial charge in [-0.3, -0.25) is 13.9 Å². The van der Waals surface area contributed by atoms with E-state index in [2.05, 4.69) is 4.98 Å². The summed E-state index contributed by atoms with van der Waals surface area (Å²) in [6.07, 6.45) is -1.57. The Morgan fingerprint density at radius 1 is 0.931 bits per heavy atom. The first-order valence-corrected chi connectivity index (χ1v) is 8.61. The van der Waals surface area contributed by atoms with Gasteiger partial charge >= 0.3 is 11.9 Å². The summed E-state index contributed by atoms with van der Waals surface area (Å²) in [5, 5.41) is 0. The van der Waals surface area contributed by atoms with Gasteiger partial charge in [-0.25, -0.2) is 9.78 Å². The number of halogens is 3. The van der Waals surface area contributed by atoms with Crippen molar-refractivity contribution in [2.45, 2.75) is 19.3 Å². The van der Waals surface area contributed by atoms with Crippen LogP contribution in [0, 0.1) is 0 Å². The lowest BCUT2D eigenvalue weighted by atomic mass is 10.1. The van der Waals surface area contributed by atoms with Crippen LogP contribution in [0.15, 0.2) is 75.0 Å². The molecule has 0 spiro atoms. The van der Waals surface area contributed by atoms with Crippen molar-refractivity contribution in [3.8, 4) is 0 Å². The maximum absolute atomic E-state index is 13.0. The van der Waals surface area contributed by atoms with E-state index in [4.69, 9.17) is 4.42 Å². The molecule has 0 unspecified atom stereocenters. The van der Waals surface area contributed by atoms with Gasteiger partial charge in [0.15, 0.2) is 5.52 Å². The predicted molar refractivity (Wildman–Crippen MR) is 98.6 cm³/mol. The summed E-state index contributed by atoms with van der Waals surface area (Å²) in [4.78, 5) is 29.9. The van der Waals surface area contributed by atoms with Crippen molar-refractivity contribution in [1.29, 1.82) is 0 Å². The minimum Gasteiger partial charge on any atom is -0.467 e. The fraction of sp³-hybridized carbons (Fsp3) is 0.150. The van der Waals surface area contributed by atoms with E-state index in [-0.39, 0.29) is 18.6 Å². The molecule has 0 fully saturated rings. The average Bonchev–Trinajstić information content (AvgIpc) is 3.21. The number of hydrogen-bond acceptors (Lipinski definition) is 4. The summed E-state index contributed by atoms with van der Waals surface area (Å²) in [7, 11) is 0. The van der Waals surface area contributed by atoms with Crippen molar-refractivity contribution in [3.05, 3.63) is 98.7 Å². The van der Waals surface area contributed by atoms with Crippen LogP contribution in [0.2, 0.25) is 0 Å². The molecule has 0 aliphatic heterocycles.